The summed E-state index contributed by atoms with van der Waals surface area (Å²) in [6, 6.07) is 0. The van der Waals surface area contributed by atoms with Crippen LogP contribution in [0.2, 0.25) is 0 Å². The van der Waals surface area contributed by atoms with Gasteiger partial charge in [-0.2, -0.15) is 0 Å². The Labute approximate surface area is 115 Å². The van der Waals surface area contributed by atoms with Crippen LogP contribution in [0.25, 0.3) is 0 Å². The SMILES string of the molecule is C=C(C)N(CC(=O)NCCCCCN)C(=O)/C=C\C. The molecule has 0 aromatic carbocycles. The minimum Gasteiger partial charge on any atom is -0.355 e. The average molecular weight is 267 g/mol. The number of unbranched alkanes of at least 4 members (excludes halogenated alkanes) is 2. The third-order valence-corrected chi connectivity index (χ3v) is 2.54. The third-order valence-electron chi connectivity index (χ3n) is 2.54. The minimum atomic E-state index is -0.228. The van der Waals surface area contributed by atoms with Crippen molar-refractivity contribution in [3.05, 3.63) is 24.4 Å². The number of hydrogen-bond acceptors (Lipinski definition) is 3. The van der Waals surface area contributed by atoms with E-state index in [1.807, 2.05) is 0 Å². The predicted molar refractivity (Wildman–Crippen MR) is 77.3 cm³/mol. The van der Waals surface area contributed by atoms with E-state index < -0.39 is 0 Å². The fourth-order valence-corrected chi connectivity index (χ4v) is 1.51. The number of carbonyl (C=O) groups is 2. The summed E-state index contributed by atoms with van der Waals surface area (Å²) in [6.45, 7) is 8.47. The standard InChI is InChI=1S/C14H25N3O2/c1-4-8-14(19)17(12(2)3)11-13(18)16-10-7-5-6-9-15/h4,8H,2,5-7,9-11,15H2,1,3H3,(H,16,18)/b8-4-. The van der Waals surface area contributed by atoms with E-state index in [1.165, 1.54) is 11.0 Å². The summed E-state index contributed by atoms with van der Waals surface area (Å²) in [5.74, 6) is -0.401. The molecule has 0 rings (SSSR count). The van der Waals surface area contributed by atoms with Crippen LogP contribution in [0.3, 0.4) is 0 Å². The highest BCUT2D eigenvalue weighted by molar-refractivity contribution is 5.92. The van der Waals surface area contributed by atoms with E-state index in [0.29, 0.717) is 18.8 Å². The van der Waals surface area contributed by atoms with Crippen molar-refractivity contribution >= 4 is 11.8 Å². The quantitative estimate of drug-likeness (QED) is 0.486. The van der Waals surface area contributed by atoms with Crippen molar-refractivity contribution in [1.29, 1.82) is 0 Å². The number of allylic oxidation sites excluding steroid dienone is 2. The molecule has 0 saturated heterocycles. The number of carbonyl (C=O) groups excluding carboxylic acids is 2. The van der Waals surface area contributed by atoms with Gasteiger partial charge in [0.1, 0.15) is 6.54 Å². The second-order valence-electron chi connectivity index (χ2n) is 4.36. The van der Waals surface area contributed by atoms with Crippen LogP contribution in [-0.4, -0.2) is 36.3 Å². The maximum Gasteiger partial charge on any atom is 0.250 e. The van der Waals surface area contributed by atoms with Crippen LogP contribution >= 0.6 is 0 Å². The van der Waals surface area contributed by atoms with Crippen LogP contribution < -0.4 is 11.1 Å². The van der Waals surface area contributed by atoms with Crippen LogP contribution in [0.5, 0.6) is 0 Å². The molecule has 0 spiro atoms. The fraction of sp³-hybridized carbons (Fsp3) is 0.571. The van der Waals surface area contributed by atoms with Gasteiger partial charge < -0.3 is 16.0 Å². The van der Waals surface area contributed by atoms with E-state index in [9.17, 15) is 9.59 Å². The Hall–Kier alpha value is -1.62. The molecule has 108 valence electrons. The van der Waals surface area contributed by atoms with Crippen molar-refractivity contribution in [2.24, 2.45) is 5.73 Å². The van der Waals surface area contributed by atoms with Crippen LogP contribution in [0.15, 0.2) is 24.4 Å². The predicted octanol–water partition coefficient (Wildman–Crippen LogP) is 1.17. The maximum atomic E-state index is 11.7. The van der Waals surface area contributed by atoms with Crippen molar-refractivity contribution in [2.75, 3.05) is 19.6 Å². The number of rotatable bonds is 9. The first-order chi connectivity index (χ1) is 9.02. The Morgan fingerprint density at radius 3 is 2.53 bits per heavy atom. The first-order valence-corrected chi connectivity index (χ1v) is 6.59. The molecule has 0 saturated carbocycles. The van der Waals surface area contributed by atoms with Gasteiger partial charge in [-0.25, -0.2) is 0 Å². The molecule has 0 aromatic rings. The summed E-state index contributed by atoms with van der Waals surface area (Å²) < 4.78 is 0. The number of nitrogens with one attached hydrogen (secondary N) is 1. The van der Waals surface area contributed by atoms with E-state index in [0.717, 1.165) is 19.3 Å². The molecule has 5 heteroatoms. The van der Waals surface area contributed by atoms with Crippen molar-refractivity contribution < 1.29 is 9.59 Å². The Balaban J connectivity index is 4.11. The fourth-order valence-electron chi connectivity index (χ4n) is 1.51. The molecule has 0 radical (unpaired) electrons. The Morgan fingerprint density at radius 1 is 1.32 bits per heavy atom. The normalized spacial score (nSPS) is 10.5. The molecule has 0 aliphatic carbocycles. The molecule has 2 amide bonds. The van der Waals surface area contributed by atoms with Gasteiger partial charge in [0, 0.05) is 12.2 Å². The maximum absolute atomic E-state index is 11.7. The molecule has 0 atom stereocenters. The van der Waals surface area contributed by atoms with Gasteiger partial charge in [0.05, 0.1) is 0 Å². The second kappa shape index (κ2) is 10.3. The number of amides is 2. The zero-order chi connectivity index (χ0) is 14.7. The summed E-state index contributed by atoms with van der Waals surface area (Å²) in [6.07, 6.45) is 5.93. The highest BCUT2D eigenvalue weighted by Gasteiger charge is 2.15. The zero-order valence-electron chi connectivity index (χ0n) is 11.9. The van der Waals surface area contributed by atoms with Crippen molar-refractivity contribution in [3.63, 3.8) is 0 Å². The van der Waals surface area contributed by atoms with Gasteiger partial charge in [-0.05, 0) is 39.3 Å². The monoisotopic (exact) mass is 267 g/mol. The van der Waals surface area contributed by atoms with Gasteiger partial charge in [0.2, 0.25) is 5.91 Å². The van der Waals surface area contributed by atoms with Gasteiger partial charge in [-0.1, -0.05) is 19.1 Å². The Morgan fingerprint density at radius 2 is 2.00 bits per heavy atom. The van der Waals surface area contributed by atoms with Crippen LogP contribution in [0.1, 0.15) is 33.1 Å². The molecule has 0 fully saturated rings. The molecule has 0 bridgehead atoms. The highest BCUT2D eigenvalue weighted by Crippen LogP contribution is 2.02. The van der Waals surface area contributed by atoms with Crippen LogP contribution in [0.4, 0.5) is 0 Å². The lowest BCUT2D eigenvalue weighted by molar-refractivity contribution is -0.130. The van der Waals surface area contributed by atoms with Gasteiger partial charge in [0.15, 0.2) is 0 Å². The number of nitrogens with zero attached hydrogens (tertiary/aromatic N) is 1. The van der Waals surface area contributed by atoms with Crippen molar-refractivity contribution in [3.8, 4) is 0 Å². The van der Waals surface area contributed by atoms with Crippen LogP contribution in [0, 0.1) is 0 Å². The van der Waals surface area contributed by atoms with Crippen molar-refractivity contribution in [1.82, 2.24) is 10.2 Å². The molecule has 0 aromatic heterocycles. The van der Waals surface area contributed by atoms with Crippen LogP contribution in [-0.2, 0) is 9.59 Å². The van der Waals surface area contributed by atoms with Gasteiger partial charge in [-0.15, -0.1) is 0 Å². The summed E-state index contributed by atoms with van der Waals surface area (Å²) in [5.41, 5.74) is 5.94. The van der Waals surface area contributed by atoms with E-state index in [4.69, 9.17) is 5.73 Å². The molecular weight excluding hydrogens is 242 g/mol. The molecule has 3 N–H and O–H groups in total. The smallest absolute Gasteiger partial charge is 0.250 e. The minimum absolute atomic E-state index is 0.00932. The second-order valence-corrected chi connectivity index (χ2v) is 4.36. The average Bonchev–Trinajstić information content (AvgIpc) is 2.35. The molecular formula is C14H25N3O2. The summed E-state index contributed by atoms with van der Waals surface area (Å²) in [4.78, 5) is 24.8. The summed E-state index contributed by atoms with van der Waals surface area (Å²) >= 11 is 0. The molecule has 0 aliphatic rings. The topological polar surface area (TPSA) is 75.4 Å². The summed E-state index contributed by atoms with van der Waals surface area (Å²) in [5, 5.41) is 2.79. The number of hydrogen-bond donors (Lipinski definition) is 2. The molecule has 0 aliphatic heterocycles. The lowest BCUT2D eigenvalue weighted by Crippen LogP contribution is -2.39. The first-order valence-electron chi connectivity index (χ1n) is 6.59. The van der Waals surface area contributed by atoms with Gasteiger partial charge in [-0.3, -0.25) is 9.59 Å². The zero-order valence-corrected chi connectivity index (χ0v) is 11.9. The highest BCUT2D eigenvalue weighted by atomic mass is 16.2. The molecule has 19 heavy (non-hydrogen) atoms. The van der Waals surface area contributed by atoms with E-state index in [1.54, 1.807) is 19.9 Å². The first kappa shape index (κ1) is 17.4. The van der Waals surface area contributed by atoms with E-state index in [-0.39, 0.29) is 18.4 Å². The Bertz CT molecular complexity index is 338. The Kier molecular flexibility index (Phi) is 9.44. The van der Waals surface area contributed by atoms with Crippen molar-refractivity contribution in [2.45, 2.75) is 33.1 Å². The number of nitrogens with two attached hydrogens (primary N) is 1. The van der Waals surface area contributed by atoms with E-state index >= 15 is 0 Å². The third kappa shape index (κ3) is 8.15. The van der Waals surface area contributed by atoms with E-state index in [2.05, 4.69) is 11.9 Å². The molecule has 5 nitrogen and oxygen atoms in total. The van der Waals surface area contributed by atoms with Gasteiger partial charge >= 0.3 is 0 Å². The van der Waals surface area contributed by atoms with Gasteiger partial charge in [0.25, 0.3) is 5.91 Å². The lowest BCUT2D eigenvalue weighted by Gasteiger charge is -2.20. The molecule has 0 unspecified atom stereocenters. The molecule has 0 heterocycles. The largest absolute Gasteiger partial charge is 0.355 e. The summed E-state index contributed by atoms with van der Waals surface area (Å²) in [7, 11) is 0. The lowest BCUT2D eigenvalue weighted by atomic mass is 10.2.